The van der Waals surface area contributed by atoms with Gasteiger partial charge in [0.2, 0.25) is 0 Å². The Hall–Kier alpha value is -1.42. The number of ether oxygens (including phenoxy) is 2. The maximum absolute atomic E-state index is 13.9. The van der Waals surface area contributed by atoms with Crippen molar-refractivity contribution in [1.29, 1.82) is 0 Å². The number of hydrogen-bond acceptors (Lipinski definition) is 3. The van der Waals surface area contributed by atoms with Gasteiger partial charge in [0, 0.05) is 0 Å². The molecule has 3 rings (SSSR count). The Balaban J connectivity index is 1.76. The van der Waals surface area contributed by atoms with E-state index in [0.29, 0.717) is 5.56 Å². The lowest BCUT2D eigenvalue weighted by Gasteiger charge is -2.19. The fourth-order valence-electron chi connectivity index (χ4n) is 2.60. The van der Waals surface area contributed by atoms with E-state index in [-0.39, 0.29) is 22.4 Å². The summed E-state index contributed by atoms with van der Waals surface area (Å²) in [6.45, 7) is 0.0927. The molecule has 0 amide bonds. The second kappa shape index (κ2) is 7.90. The maximum atomic E-state index is 13.9. The van der Waals surface area contributed by atoms with Gasteiger partial charge in [0.1, 0.15) is 23.6 Å². The number of rotatable bonds is 5. The third-order valence-corrected chi connectivity index (χ3v) is 4.78. The molecule has 146 valence electrons. The van der Waals surface area contributed by atoms with E-state index in [2.05, 4.69) is 26.0 Å². The van der Waals surface area contributed by atoms with Crippen LogP contribution in [-0.2, 0) is 4.74 Å². The highest BCUT2D eigenvalue weighted by Crippen LogP contribution is 2.37. The lowest BCUT2D eigenvalue weighted by atomic mass is 10.1. The summed E-state index contributed by atoms with van der Waals surface area (Å²) in [5.41, 5.74) is -2.67. The minimum Gasteiger partial charge on any atom is -0.428 e. The van der Waals surface area contributed by atoms with Crippen LogP contribution in [0, 0.1) is 11.6 Å². The topological polar surface area (TPSA) is 30.5 Å². The number of halogens is 7. The quantitative estimate of drug-likeness (QED) is 0.454. The van der Waals surface area contributed by atoms with Crippen molar-refractivity contribution in [1.82, 2.24) is 5.32 Å². The lowest BCUT2D eigenvalue weighted by molar-refractivity contribution is -0.199. The van der Waals surface area contributed by atoms with Gasteiger partial charge in [0.15, 0.2) is 0 Å². The van der Waals surface area contributed by atoms with Crippen molar-refractivity contribution in [3.63, 3.8) is 0 Å². The SMILES string of the molecule is Fc1cccc(F)c1C1NC(c2ccc(OC(F)(F)C(F)Cl)c(Br)c2)CO1. The van der Waals surface area contributed by atoms with Gasteiger partial charge >= 0.3 is 6.11 Å². The Morgan fingerprint density at radius 2 is 1.89 bits per heavy atom. The van der Waals surface area contributed by atoms with Gasteiger partial charge in [0.05, 0.1) is 22.7 Å². The first-order chi connectivity index (χ1) is 12.7. The van der Waals surface area contributed by atoms with Crippen molar-refractivity contribution < 1.29 is 31.4 Å². The van der Waals surface area contributed by atoms with Crippen LogP contribution in [0.4, 0.5) is 22.0 Å². The molecular weight excluding hydrogens is 461 g/mol. The third-order valence-electron chi connectivity index (χ3n) is 3.90. The Bertz CT molecular complexity index is 819. The molecule has 3 unspecified atom stereocenters. The molecular formula is C17H12BrClF5NO2. The average molecular weight is 473 g/mol. The molecule has 0 aromatic heterocycles. The molecule has 3 atom stereocenters. The zero-order valence-corrected chi connectivity index (χ0v) is 15.7. The molecule has 1 aliphatic rings. The summed E-state index contributed by atoms with van der Waals surface area (Å²) in [4.78, 5) is 0. The molecule has 10 heteroatoms. The minimum atomic E-state index is -4.20. The molecule has 0 saturated carbocycles. The van der Waals surface area contributed by atoms with Gasteiger partial charge in [-0.1, -0.05) is 23.7 Å². The molecule has 0 aliphatic carbocycles. The second-order valence-electron chi connectivity index (χ2n) is 5.72. The molecule has 2 aromatic rings. The molecule has 0 bridgehead atoms. The van der Waals surface area contributed by atoms with Crippen LogP contribution in [0.5, 0.6) is 5.75 Å². The van der Waals surface area contributed by atoms with E-state index in [1.54, 1.807) is 0 Å². The van der Waals surface area contributed by atoms with Gasteiger partial charge in [-0.15, -0.1) is 0 Å². The molecule has 2 aromatic carbocycles. The van der Waals surface area contributed by atoms with E-state index in [9.17, 15) is 22.0 Å². The van der Waals surface area contributed by atoms with Gasteiger partial charge in [-0.2, -0.15) is 8.78 Å². The Labute approximate surface area is 164 Å². The summed E-state index contributed by atoms with van der Waals surface area (Å²) >= 11 is 7.83. The van der Waals surface area contributed by atoms with E-state index in [1.165, 1.54) is 24.3 Å². The van der Waals surface area contributed by atoms with Gasteiger partial charge in [-0.25, -0.2) is 13.2 Å². The molecule has 1 N–H and O–H groups in total. The van der Waals surface area contributed by atoms with Crippen LogP contribution in [-0.4, -0.2) is 18.3 Å². The molecule has 1 fully saturated rings. The molecule has 1 saturated heterocycles. The molecule has 27 heavy (non-hydrogen) atoms. The molecule has 1 aliphatic heterocycles. The van der Waals surface area contributed by atoms with E-state index in [0.717, 1.165) is 12.1 Å². The van der Waals surface area contributed by atoms with Crippen molar-refractivity contribution in [2.45, 2.75) is 24.0 Å². The fourth-order valence-corrected chi connectivity index (χ4v) is 3.12. The van der Waals surface area contributed by atoms with Crippen molar-refractivity contribution in [3.8, 4) is 5.75 Å². The first-order valence-electron chi connectivity index (χ1n) is 7.65. The van der Waals surface area contributed by atoms with E-state index in [4.69, 9.17) is 16.3 Å². The van der Waals surface area contributed by atoms with Gasteiger partial charge < -0.3 is 9.47 Å². The highest BCUT2D eigenvalue weighted by atomic mass is 79.9. The van der Waals surface area contributed by atoms with Crippen LogP contribution in [0.2, 0.25) is 0 Å². The van der Waals surface area contributed by atoms with Crippen molar-refractivity contribution in [2.24, 2.45) is 0 Å². The maximum Gasteiger partial charge on any atom is 0.444 e. The highest BCUT2D eigenvalue weighted by Gasteiger charge is 2.42. The average Bonchev–Trinajstić information content (AvgIpc) is 3.06. The number of alkyl halides is 4. The summed E-state index contributed by atoms with van der Waals surface area (Å²) in [5, 5.41) is 2.93. The summed E-state index contributed by atoms with van der Waals surface area (Å²) in [6, 6.07) is 7.12. The van der Waals surface area contributed by atoms with E-state index < -0.39 is 35.6 Å². The number of benzene rings is 2. The second-order valence-corrected chi connectivity index (χ2v) is 6.96. The van der Waals surface area contributed by atoms with Crippen molar-refractivity contribution >= 4 is 27.5 Å². The fraction of sp³-hybridized carbons (Fsp3) is 0.294. The molecule has 0 radical (unpaired) electrons. The predicted octanol–water partition coefficient (Wildman–Crippen LogP) is 5.59. The van der Waals surface area contributed by atoms with Crippen LogP contribution >= 0.6 is 27.5 Å². The van der Waals surface area contributed by atoms with E-state index >= 15 is 0 Å². The van der Waals surface area contributed by atoms with Gasteiger partial charge in [-0.3, -0.25) is 5.32 Å². The predicted molar refractivity (Wildman–Crippen MR) is 91.4 cm³/mol. The first-order valence-corrected chi connectivity index (χ1v) is 8.88. The molecule has 1 heterocycles. The van der Waals surface area contributed by atoms with Crippen LogP contribution in [0.15, 0.2) is 40.9 Å². The summed E-state index contributed by atoms with van der Waals surface area (Å²) in [7, 11) is 0. The van der Waals surface area contributed by atoms with Crippen LogP contribution in [0.25, 0.3) is 0 Å². The largest absolute Gasteiger partial charge is 0.444 e. The highest BCUT2D eigenvalue weighted by molar-refractivity contribution is 9.10. The van der Waals surface area contributed by atoms with Crippen LogP contribution in [0.3, 0.4) is 0 Å². The Kier molecular flexibility index (Phi) is 5.95. The van der Waals surface area contributed by atoms with Gasteiger partial charge in [-0.05, 0) is 45.8 Å². The standard InChI is InChI=1S/C17H12BrClF5NO2/c18-9-6-8(4-5-13(9)27-17(23,24)16(19)22)12-7-26-15(25-12)14-10(20)2-1-3-11(14)21/h1-6,12,15-16,25H,7H2. The molecule has 3 nitrogen and oxygen atoms in total. The smallest absolute Gasteiger partial charge is 0.428 e. The van der Waals surface area contributed by atoms with Crippen molar-refractivity contribution in [3.05, 3.63) is 63.6 Å². The Morgan fingerprint density at radius 1 is 1.22 bits per heavy atom. The Morgan fingerprint density at radius 3 is 2.48 bits per heavy atom. The zero-order chi connectivity index (χ0) is 19.8. The molecule has 0 spiro atoms. The monoisotopic (exact) mass is 471 g/mol. The summed E-state index contributed by atoms with van der Waals surface area (Å²) in [6.07, 6.45) is -5.20. The zero-order valence-electron chi connectivity index (χ0n) is 13.4. The van der Waals surface area contributed by atoms with Crippen LogP contribution in [0.1, 0.15) is 23.4 Å². The van der Waals surface area contributed by atoms with Crippen LogP contribution < -0.4 is 10.1 Å². The minimum absolute atomic E-state index is 0.0927. The summed E-state index contributed by atoms with van der Waals surface area (Å²) < 4.78 is 76.8. The van der Waals surface area contributed by atoms with E-state index in [1.807, 2.05) is 0 Å². The third kappa shape index (κ3) is 4.37. The number of nitrogens with one attached hydrogen (secondary N) is 1. The normalized spacial score (nSPS) is 21.3. The van der Waals surface area contributed by atoms with Crippen molar-refractivity contribution in [2.75, 3.05) is 6.61 Å². The first kappa shape index (κ1) is 20.3. The number of hydrogen-bond donors (Lipinski definition) is 1. The van der Waals surface area contributed by atoms with Gasteiger partial charge in [0.25, 0.3) is 5.63 Å². The lowest BCUT2D eigenvalue weighted by Crippen LogP contribution is -2.32. The summed E-state index contributed by atoms with van der Waals surface area (Å²) in [5.74, 6) is -1.81.